The van der Waals surface area contributed by atoms with E-state index in [1.54, 1.807) is 26.0 Å². The van der Waals surface area contributed by atoms with Crippen molar-refractivity contribution in [3.05, 3.63) is 28.8 Å². The summed E-state index contributed by atoms with van der Waals surface area (Å²) in [6.07, 6.45) is 0. The molecular formula is C12H15ClN2O3. The molecule has 5 nitrogen and oxygen atoms in total. The molecule has 0 heterocycles. The molecule has 0 aliphatic carbocycles. The minimum absolute atomic E-state index is 0.0581. The van der Waals surface area contributed by atoms with Gasteiger partial charge in [-0.05, 0) is 32.0 Å². The van der Waals surface area contributed by atoms with E-state index in [-0.39, 0.29) is 12.1 Å². The topological polar surface area (TPSA) is 92.4 Å². The fraction of sp³-hybridized carbons (Fsp3) is 0.333. The van der Waals surface area contributed by atoms with Gasteiger partial charge in [-0.1, -0.05) is 11.6 Å². The van der Waals surface area contributed by atoms with Gasteiger partial charge in [0.1, 0.15) is 0 Å². The van der Waals surface area contributed by atoms with E-state index in [0.717, 1.165) is 0 Å². The lowest BCUT2D eigenvalue weighted by molar-refractivity contribution is -0.125. The number of primary amides is 1. The molecule has 0 spiro atoms. The van der Waals surface area contributed by atoms with Crippen LogP contribution in [0.25, 0.3) is 0 Å². The minimum atomic E-state index is -1.09. The normalized spacial score (nSPS) is 11.1. The lowest BCUT2D eigenvalue weighted by Crippen LogP contribution is -2.37. The Kier molecular flexibility index (Phi) is 4.19. The number of nitrogens with one attached hydrogen (secondary N) is 1. The van der Waals surface area contributed by atoms with E-state index in [4.69, 9.17) is 22.4 Å². The molecule has 0 aliphatic rings. The number of aromatic carboxylic acids is 1. The van der Waals surface area contributed by atoms with Crippen molar-refractivity contribution in [2.24, 2.45) is 11.1 Å². The van der Waals surface area contributed by atoms with Crippen LogP contribution in [-0.2, 0) is 4.79 Å². The van der Waals surface area contributed by atoms with Crippen LogP contribution in [0.15, 0.2) is 18.2 Å². The number of carbonyl (C=O) groups excluding carboxylic acids is 1. The zero-order chi connectivity index (χ0) is 13.9. The smallest absolute Gasteiger partial charge is 0.337 e. The highest BCUT2D eigenvalue weighted by molar-refractivity contribution is 6.31. The third-order valence-electron chi connectivity index (χ3n) is 2.60. The molecule has 0 unspecified atom stereocenters. The van der Waals surface area contributed by atoms with Gasteiger partial charge in [0.25, 0.3) is 0 Å². The average molecular weight is 271 g/mol. The quantitative estimate of drug-likeness (QED) is 0.762. The lowest BCUT2D eigenvalue weighted by Gasteiger charge is -2.22. The van der Waals surface area contributed by atoms with Gasteiger partial charge >= 0.3 is 5.97 Å². The van der Waals surface area contributed by atoms with Crippen molar-refractivity contribution >= 4 is 29.2 Å². The van der Waals surface area contributed by atoms with Crippen LogP contribution >= 0.6 is 11.6 Å². The molecule has 6 heteroatoms. The van der Waals surface area contributed by atoms with Gasteiger partial charge in [-0.15, -0.1) is 0 Å². The van der Waals surface area contributed by atoms with Crippen LogP contribution in [-0.4, -0.2) is 23.5 Å². The molecule has 0 saturated carbocycles. The van der Waals surface area contributed by atoms with Gasteiger partial charge in [0.05, 0.1) is 11.0 Å². The fourth-order valence-electron chi connectivity index (χ4n) is 1.25. The summed E-state index contributed by atoms with van der Waals surface area (Å²) >= 11 is 5.74. The first-order valence-electron chi connectivity index (χ1n) is 5.30. The van der Waals surface area contributed by atoms with Crippen LogP contribution in [0.3, 0.4) is 0 Å². The first-order valence-corrected chi connectivity index (χ1v) is 5.68. The van der Waals surface area contributed by atoms with E-state index in [0.29, 0.717) is 10.7 Å². The number of anilines is 1. The first kappa shape index (κ1) is 14.3. The number of hydrogen-bond acceptors (Lipinski definition) is 3. The molecule has 0 bridgehead atoms. The molecule has 0 aliphatic heterocycles. The summed E-state index contributed by atoms with van der Waals surface area (Å²) < 4.78 is 0. The predicted molar refractivity (Wildman–Crippen MR) is 69.9 cm³/mol. The number of carbonyl (C=O) groups is 2. The molecule has 0 fully saturated rings. The molecular weight excluding hydrogens is 256 g/mol. The van der Waals surface area contributed by atoms with Crippen molar-refractivity contribution in [1.82, 2.24) is 0 Å². The Balaban J connectivity index is 2.92. The molecule has 0 saturated heterocycles. The Morgan fingerprint density at radius 2 is 2.06 bits per heavy atom. The summed E-state index contributed by atoms with van der Waals surface area (Å²) in [5.41, 5.74) is 4.93. The standard InChI is InChI=1S/C12H15ClN2O3/c1-12(2,11(14)18)6-15-9-4-3-7(13)5-8(9)10(16)17/h3-5,15H,6H2,1-2H3,(H2,14,18)(H,16,17). The van der Waals surface area contributed by atoms with Crippen molar-refractivity contribution in [2.45, 2.75) is 13.8 Å². The summed E-state index contributed by atoms with van der Waals surface area (Å²) in [6, 6.07) is 4.49. The Morgan fingerprint density at radius 3 is 2.56 bits per heavy atom. The highest BCUT2D eigenvalue weighted by Gasteiger charge is 2.25. The van der Waals surface area contributed by atoms with Crippen LogP contribution in [0.2, 0.25) is 5.02 Å². The van der Waals surface area contributed by atoms with Gasteiger partial charge in [-0.25, -0.2) is 4.79 Å². The Labute approximate surface area is 110 Å². The van der Waals surface area contributed by atoms with E-state index in [1.165, 1.54) is 6.07 Å². The largest absolute Gasteiger partial charge is 0.478 e. The third-order valence-corrected chi connectivity index (χ3v) is 2.83. The number of rotatable bonds is 5. The molecule has 1 aromatic carbocycles. The highest BCUT2D eigenvalue weighted by atomic mass is 35.5. The third kappa shape index (κ3) is 3.37. The van der Waals surface area contributed by atoms with E-state index in [2.05, 4.69) is 5.32 Å². The summed E-state index contributed by atoms with van der Waals surface area (Å²) in [7, 11) is 0. The van der Waals surface area contributed by atoms with Crippen LogP contribution in [0.4, 0.5) is 5.69 Å². The number of nitrogens with two attached hydrogens (primary N) is 1. The van der Waals surface area contributed by atoms with Crippen LogP contribution in [0.5, 0.6) is 0 Å². The summed E-state index contributed by atoms with van der Waals surface area (Å²) in [6.45, 7) is 3.60. The van der Waals surface area contributed by atoms with Crippen LogP contribution in [0, 0.1) is 5.41 Å². The maximum atomic E-state index is 11.2. The zero-order valence-corrected chi connectivity index (χ0v) is 10.9. The van der Waals surface area contributed by atoms with E-state index in [1.807, 2.05) is 0 Å². The summed E-state index contributed by atoms with van der Waals surface area (Å²) in [5, 5.41) is 12.3. The Hall–Kier alpha value is -1.75. The molecule has 4 N–H and O–H groups in total. The van der Waals surface area contributed by atoms with Gasteiger partial charge in [-0.2, -0.15) is 0 Å². The number of carboxylic acid groups (broad SMARTS) is 1. The summed E-state index contributed by atoms with van der Waals surface area (Å²) in [4.78, 5) is 22.2. The number of halogens is 1. The summed E-state index contributed by atoms with van der Waals surface area (Å²) in [5.74, 6) is -1.54. The molecule has 0 aromatic heterocycles. The second-order valence-electron chi connectivity index (χ2n) is 4.60. The molecule has 1 amide bonds. The zero-order valence-electron chi connectivity index (χ0n) is 10.2. The molecule has 1 rings (SSSR count). The molecule has 0 radical (unpaired) electrons. The first-order chi connectivity index (χ1) is 8.24. The average Bonchev–Trinajstić information content (AvgIpc) is 2.27. The maximum absolute atomic E-state index is 11.2. The predicted octanol–water partition coefficient (Wildman–Crippen LogP) is 1.96. The van der Waals surface area contributed by atoms with Gasteiger partial charge in [0.15, 0.2) is 0 Å². The number of amides is 1. The number of carboxylic acids is 1. The van der Waals surface area contributed by atoms with Crippen molar-refractivity contribution < 1.29 is 14.7 Å². The minimum Gasteiger partial charge on any atom is -0.478 e. The van der Waals surface area contributed by atoms with Crippen molar-refractivity contribution in [2.75, 3.05) is 11.9 Å². The Bertz CT molecular complexity index is 486. The fourth-order valence-corrected chi connectivity index (χ4v) is 1.42. The molecule has 98 valence electrons. The number of hydrogen-bond donors (Lipinski definition) is 3. The van der Waals surface area contributed by atoms with Crippen molar-refractivity contribution in [1.29, 1.82) is 0 Å². The SMILES string of the molecule is CC(C)(CNc1ccc(Cl)cc1C(=O)O)C(N)=O. The molecule has 1 aromatic rings. The van der Waals surface area contributed by atoms with Gasteiger partial charge in [0, 0.05) is 17.3 Å². The number of benzene rings is 1. The molecule has 0 atom stereocenters. The maximum Gasteiger partial charge on any atom is 0.337 e. The van der Waals surface area contributed by atoms with Crippen molar-refractivity contribution in [3.63, 3.8) is 0 Å². The second kappa shape index (κ2) is 5.27. The Morgan fingerprint density at radius 1 is 1.44 bits per heavy atom. The van der Waals surface area contributed by atoms with Crippen LogP contribution in [0.1, 0.15) is 24.2 Å². The van der Waals surface area contributed by atoms with E-state index < -0.39 is 17.3 Å². The monoisotopic (exact) mass is 270 g/mol. The van der Waals surface area contributed by atoms with Crippen molar-refractivity contribution in [3.8, 4) is 0 Å². The second-order valence-corrected chi connectivity index (χ2v) is 5.03. The van der Waals surface area contributed by atoms with E-state index >= 15 is 0 Å². The van der Waals surface area contributed by atoms with Crippen LogP contribution < -0.4 is 11.1 Å². The van der Waals surface area contributed by atoms with E-state index in [9.17, 15) is 9.59 Å². The van der Waals surface area contributed by atoms with Gasteiger partial charge in [0.2, 0.25) is 5.91 Å². The lowest BCUT2D eigenvalue weighted by atomic mass is 9.92. The van der Waals surface area contributed by atoms with Gasteiger partial charge < -0.3 is 16.2 Å². The molecule has 18 heavy (non-hydrogen) atoms. The van der Waals surface area contributed by atoms with Gasteiger partial charge in [-0.3, -0.25) is 4.79 Å². The highest BCUT2D eigenvalue weighted by Crippen LogP contribution is 2.23.